The summed E-state index contributed by atoms with van der Waals surface area (Å²) < 4.78 is 11.7. The zero-order chi connectivity index (χ0) is 25.7. The molecule has 0 unspecified atom stereocenters. The Morgan fingerprint density at radius 2 is 1.89 bits per heavy atom. The van der Waals surface area contributed by atoms with Gasteiger partial charge in [0.25, 0.3) is 0 Å². The average molecular weight is 516 g/mol. The van der Waals surface area contributed by atoms with E-state index in [1.54, 1.807) is 7.05 Å². The van der Waals surface area contributed by atoms with Gasteiger partial charge in [0.2, 0.25) is 5.91 Å². The maximum absolute atomic E-state index is 11.9. The van der Waals surface area contributed by atoms with Gasteiger partial charge in [-0.2, -0.15) is 0 Å². The van der Waals surface area contributed by atoms with Gasteiger partial charge in [-0.3, -0.25) is 14.6 Å². The molecule has 2 heterocycles. The van der Waals surface area contributed by atoms with Crippen LogP contribution in [0.1, 0.15) is 30.4 Å². The van der Waals surface area contributed by atoms with Crippen molar-refractivity contribution < 1.29 is 24.2 Å². The summed E-state index contributed by atoms with van der Waals surface area (Å²) in [7, 11) is 1.62. The summed E-state index contributed by atoms with van der Waals surface area (Å²) in [5.41, 5.74) is 1.26. The Morgan fingerprint density at radius 1 is 1.11 bits per heavy atom. The van der Waals surface area contributed by atoms with Gasteiger partial charge in [0.1, 0.15) is 30.3 Å². The summed E-state index contributed by atoms with van der Waals surface area (Å²) in [4.78, 5) is 28.6. The van der Waals surface area contributed by atoms with Crippen LogP contribution in [-0.2, 0) is 11.3 Å². The molecule has 2 aromatic rings. The monoisotopic (exact) mass is 515 g/mol. The number of hydrogen-bond donors (Lipinski definition) is 1. The Bertz CT molecular complexity index is 1080. The molecule has 0 aliphatic carbocycles. The highest BCUT2D eigenvalue weighted by Gasteiger charge is 2.34. The van der Waals surface area contributed by atoms with Crippen molar-refractivity contribution in [3.63, 3.8) is 0 Å². The Balaban J connectivity index is 1.22. The van der Waals surface area contributed by atoms with Crippen molar-refractivity contribution in [1.82, 2.24) is 14.7 Å². The molecule has 0 saturated carbocycles. The molecule has 0 radical (unpaired) electrons. The lowest BCUT2D eigenvalue weighted by atomic mass is 9.93. The van der Waals surface area contributed by atoms with Crippen LogP contribution in [0.15, 0.2) is 42.5 Å². The van der Waals surface area contributed by atoms with E-state index in [1.807, 2.05) is 49.4 Å². The number of benzene rings is 2. The highest BCUT2D eigenvalue weighted by atomic mass is 35.5. The molecule has 8 nitrogen and oxygen atoms in total. The molecular weight excluding hydrogens is 482 g/mol. The van der Waals surface area contributed by atoms with Gasteiger partial charge in [0.05, 0.1) is 11.6 Å². The van der Waals surface area contributed by atoms with E-state index in [-0.39, 0.29) is 25.1 Å². The molecule has 194 valence electrons. The van der Waals surface area contributed by atoms with Gasteiger partial charge in [0.15, 0.2) is 0 Å². The first-order valence-electron chi connectivity index (χ1n) is 12.3. The summed E-state index contributed by atoms with van der Waals surface area (Å²) >= 11 is 6.24. The fourth-order valence-electron chi connectivity index (χ4n) is 4.64. The van der Waals surface area contributed by atoms with Crippen molar-refractivity contribution >= 4 is 23.5 Å². The van der Waals surface area contributed by atoms with Gasteiger partial charge >= 0.3 is 6.03 Å². The highest BCUT2D eigenvalue weighted by molar-refractivity contribution is 6.32. The van der Waals surface area contributed by atoms with Crippen LogP contribution in [0.5, 0.6) is 11.5 Å². The maximum atomic E-state index is 11.9. The predicted octanol–water partition coefficient (Wildman–Crippen LogP) is 3.72. The predicted molar refractivity (Wildman–Crippen MR) is 137 cm³/mol. The number of rotatable bonds is 10. The lowest BCUT2D eigenvalue weighted by molar-refractivity contribution is -0.125. The van der Waals surface area contributed by atoms with E-state index in [1.165, 1.54) is 9.80 Å². The van der Waals surface area contributed by atoms with Crippen LogP contribution >= 0.6 is 11.6 Å². The average Bonchev–Trinajstić information content (AvgIpc) is 3.09. The largest absolute Gasteiger partial charge is 0.494 e. The van der Waals surface area contributed by atoms with Crippen molar-refractivity contribution in [3.05, 3.63) is 58.6 Å². The molecule has 2 aliphatic heterocycles. The standard InChI is InChI=1S/C27H34ClN3O5/c1-20-5-10-23(28)24(15-20)36-19-27(34)11-3-12-30(18-27)16-21-6-8-22(9-7-21)35-14-4-13-31-25(32)17-29(2)26(31)33/h5-10,15,34H,3-4,11-14,16-19H2,1-2H3/t27-/m0/s1. The van der Waals surface area contributed by atoms with Crippen LogP contribution in [0.25, 0.3) is 0 Å². The fourth-order valence-corrected chi connectivity index (χ4v) is 4.82. The minimum Gasteiger partial charge on any atom is -0.494 e. The molecule has 2 saturated heterocycles. The molecule has 36 heavy (non-hydrogen) atoms. The van der Waals surface area contributed by atoms with E-state index in [2.05, 4.69) is 4.90 Å². The highest BCUT2D eigenvalue weighted by Crippen LogP contribution is 2.29. The molecule has 0 aromatic heterocycles. The molecule has 2 fully saturated rings. The van der Waals surface area contributed by atoms with Crippen LogP contribution in [0.2, 0.25) is 5.02 Å². The van der Waals surface area contributed by atoms with Crippen molar-refractivity contribution in [3.8, 4) is 11.5 Å². The van der Waals surface area contributed by atoms with Crippen molar-refractivity contribution in [2.24, 2.45) is 0 Å². The number of aryl methyl sites for hydroxylation is 1. The molecule has 9 heteroatoms. The number of halogens is 1. The summed E-state index contributed by atoms with van der Waals surface area (Å²) in [6.45, 7) is 5.26. The van der Waals surface area contributed by atoms with Gasteiger partial charge in [0, 0.05) is 26.7 Å². The van der Waals surface area contributed by atoms with E-state index in [0.717, 1.165) is 36.4 Å². The van der Waals surface area contributed by atoms with Crippen molar-refractivity contribution in [2.45, 2.75) is 38.3 Å². The third kappa shape index (κ3) is 6.69. The number of hydrogen-bond acceptors (Lipinski definition) is 6. The summed E-state index contributed by atoms with van der Waals surface area (Å²) in [6.07, 6.45) is 2.15. The number of β-amino-alcohol motifs (C(OH)–C–C–N with tert-alkyl or cyclic N) is 1. The van der Waals surface area contributed by atoms with Crippen LogP contribution in [0.4, 0.5) is 4.79 Å². The first-order valence-corrected chi connectivity index (χ1v) is 12.7. The molecular formula is C27H34ClN3O5. The normalized spacial score (nSPS) is 20.8. The number of likely N-dealkylation sites (N-methyl/N-ethyl adjacent to an activating group) is 1. The second-order valence-electron chi connectivity index (χ2n) is 9.79. The van der Waals surface area contributed by atoms with Crippen LogP contribution < -0.4 is 9.47 Å². The Morgan fingerprint density at radius 3 is 2.61 bits per heavy atom. The second-order valence-corrected chi connectivity index (χ2v) is 10.2. The van der Waals surface area contributed by atoms with E-state index < -0.39 is 5.60 Å². The number of amides is 3. The molecule has 4 rings (SSSR count). The molecule has 0 bridgehead atoms. The number of likely N-dealkylation sites (tertiary alicyclic amines) is 1. The number of carbonyl (C=O) groups is 2. The topological polar surface area (TPSA) is 82.6 Å². The fraction of sp³-hybridized carbons (Fsp3) is 0.481. The molecule has 2 aromatic carbocycles. The first kappa shape index (κ1) is 26.3. The van der Waals surface area contributed by atoms with Gasteiger partial charge in [-0.1, -0.05) is 29.8 Å². The van der Waals surface area contributed by atoms with Crippen molar-refractivity contribution in [2.75, 3.05) is 46.4 Å². The van der Waals surface area contributed by atoms with Crippen molar-refractivity contribution in [1.29, 1.82) is 0 Å². The first-order chi connectivity index (χ1) is 17.2. The number of piperidine rings is 1. The van der Waals surface area contributed by atoms with E-state index in [9.17, 15) is 14.7 Å². The number of ether oxygens (including phenoxy) is 2. The van der Waals surface area contributed by atoms with E-state index in [0.29, 0.717) is 43.3 Å². The summed E-state index contributed by atoms with van der Waals surface area (Å²) in [6, 6.07) is 13.3. The van der Waals surface area contributed by atoms with Gasteiger partial charge < -0.3 is 19.5 Å². The van der Waals surface area contributed by atoms with Gasteiger partial charge in [-0.15, -0.1) is 0 Å². The Labute approximate surface area is 217 Å². The lowest BCUT2D eigenvalue weighted by Crippen LogP contribution is -2.51. The second kappa shape index (κ2) is 11.5. The summed E-state index contributed by atoms with van der Waals surface area (Å²) in [5.74, 6) is 1.18. The number of aliphatic hydroxyl groups is 1. The Hall–Kier alpha value is -2.81. The molecule has 2 aliphatic rings. The van der Waals surface area contributed by atoms with Crippen LogP contribution in [0, 0.1) is 6.92 Å². The number of urea groups is 1. The third-order valence-corrected chi connectivity index (χ3v) is 6.88. The van der Waals surface area contributed by atoms with Crippen LogP contribution in [0.3, 0.4) is 0 Å². The molecule has 0 spiro atoms. The SMILES string of the molecule is Cc1ccc(Cl)c(OC[C@]2(O)CCCN(Cc3ccc(OCCCN4C(=O)CN(C)C4=O)cc3)C2)c1. The summed E-state index contributed by atoms with van der Waals surface area (Å²) in [5, 5.41) is 11.7. The quantitative estimate of drug-likeness (QED) is 0.383. The minimum absolute atomic E-state index is 0.143. The molecule has 3 amide bonds. The van der Waals surface area contributed by atoms with Gasteiger partial charge in [-0.05, 0) is 68.1 Å². The number of nitrogens with zero attached hydrogens (tertiary/aromatic N) is 3. The molecule has 1 atom stereocenters. The Kier molecular flexibility index (Phi) is 8.39. The van der Waals surface area contributed by atoms with E-state index in [4.69, 9.17) is 21.1 Å². The number of imide groups is 1. The number of carbonyl (C=O) groups excluding carboxylic acids is 2. The smallest absolute Gasteiger partial charge is 0.326 e. The van der Waals surface area contributed by atoms with Gasteiger partial charge in [-0.25, -0.2) is 4.79 Å². The lowest BCUT2D eigenvalue weighted by Gasteiger charge is -2.39. The zero-order valence-corrected chi connectivity index (χ0v) is 21.7. The third-order valence-electron chi connectivity index (χ3n) is 6.57. The van der Waals surface area contributed by atoms with E-state index >= 15 is 0 Å². The maximum Gasteiger partial charge on any atom is 0.326 e. The minimum atomic E-state index is -0.929. The molecule has 1 N–H and O–H groups in total. The zero-order valence-electron chi connectivity index (χ0n) is 20.9. The van der Waals surface area contributed by atoms with Crippen LogP contribution in [-0.4, -0.2) is 83.8 Å².